The second kappa shape index (κ2) is 13.7. The summed E-state index contributed by atoms with van der Waals surface area (Å²) in [4.78, 5) is 63.0. The summed E-state index contributed by atoms with van der Waals surface area (Å²) in [6.45, 7) is 9.67. The highest BCUT2D eigenvalue weighted by Crippen LogP contribution is 2.25. The van der Waals surface area contributed by atoms with E-state index in [1.807, 2.05) is 65.7 Å². The Labute approximate surface area is 274 Å². The first-order valence-electron chi connectivity index (χ1n) is 15.9. The number of rotatable bonds is 10. The fraction of sp³-hybridized carbons (Fsp3) is 0.400. The van der Waals surface area contributed by atoms with E-state index in [4.69, 9.17) is 4.74 Å². The number of aromatic nitrogens is 3. The molecule has 5 rings (SSSR count). The van der Waals surface area contributed by atoms with E-state index in [2.05, 4.69) is 25.9 Å². The highest BCUT2D eigenvalue weighted by atomic mass is 16.6. The molecule has 0 spiro atoms. The van der Waals surface area contributed by atoms with E-state index < -0.39 is 41.1 Å². The molecule has 4 aromatic rings. The van der Waals surface area contributed by atoms with Crippen LogP contribution in [0.1, 0.15) is 64.6 Å². The van der Waals surface area contributed by atoms with E-state index in [9.17, 15) is 19.2 Å². The predicted molar refractivity (Wildman–Crippen MR) is 179 cm³/mol. The minimum atomic E-state index is -1.40. The maximum Gasteiger partial charge on any atom is 0.408 e. The van der Waals surface area contributed by atoms with Crippen molar-refractivity contribution in [2.75, 3.05) is 18.4 Å². The summed E-state index contributed by atoms with van der Waals surface area (Å²) in [6.07, 6.45) is 6.30. The monoisotopic (exact) mass is 641 g/mol. The molecule has 0 aliphatic carbocycles. The lowest BCUT2D eigenvalue weighted by atomic mass is 10.0. The largest absolute Gasteiger partial charge is 0.444 e. The van der Waals surface area contributed by atoms with E-state index in [0.717, 1.165) is 34.9 Å². The van der Waals surface area contributed by atoms with Crippen molar-refractivity contribution in [2.45, 2.75) is 77.1 Å². The van der Waals surface area contributed by atoms with Crippen LogP contribution in [-0.2, 0) is 25.5 Å². The molecule has 2 aromatic heterocycles. The van der Waals surface area contributed by atoms with Gasteiger partial charge in [0.05, 0.1) is 6.33 Å². The number of H-pyrrole nitrogens is 1. The maximum atomic E-state index is 13.9. The predicted octanol–water partition coefficient (Wildman–Crippen LogP) is 4.55. The fourth-order valence-electron chi connectivity index (χ4n) is 5.63. The van der Waals surface area contributed by atoms with Gasteiger partial charge in [-0.3, -0.25) is 14.4 Å². The molecule has 1 aliphatic heterocycles. The second-order valence-electron chi connectivity index (χ2n) is 13.4. The van der Waals surface area contributed by atoms with E-state index in [0.29, 0.717) is 13.1 Å². The quantitative estimate of drug-likeness (QED) is 0.200. The number of ether oxygens (including phenoxy) is 1. The first kappa shape index (κ1) is 33.2. The summed E-state index contributed by atoms with van der Waals surface area (Å²) < 4.78 is 7.04. The molecular formula is C35H43N7O5. The number of imidazole rings is 1. The second-order valence-corrected chi connectivity index (χ2v) is 13.4. The summed E-state index contributed by atoms with van der Waals surface area (Å²) in [5.74, 6) is -0.888. The third kappa shape index (κ3) is 8.18. The zero-order chi connectivity index (χ0) is 33.8. The number of para-hydroxylation sites is 1. The lowest BCUT2D eigenvalue weighted by Crippen LogP contribution is -2.59. The number of carbonyl (C=O) groups excluding carboxylic acids is 4. The molecule has 0 saturated carbocycles. The number of hydrogen-bond donors (Lipinski definition) is 4. The van der Waals surface area contributed by atoms with E-state index in [1.165, 1.54) is 20.2 Å². The van der Waals surface area contributed by atoms with Crippen LogP contribution in [0.25, 0.3) is 10.9 Å². The first-order valence-corrected chi connectivity index (χ1v) is 15.9. The van der Waals surface area contributed by atoms with Gasteiger partial charge in [0.15, 0.2) is 5.82 Å². The number of alkyl carbamates (subject to hydrolysis) is 1. The molecule has 12 heteroatoms. The number of carbonyl (C=O) groups is 4. The van der Waals surface area contributed by atoms with Crippen LogP contribution in [-0.4, -0.2) is 73.5 Å². The summed E-state index contributed by atoms with van der Waals surface area (Å²) in [5.41, 5.74) is 0.375. The Morgan fingerprint density at radius 3 is 2.34 bits per heavy atom. The number of amides is 4. The Balaban J connectivity index is 1.38. The molecule has 1 saturated heterocycles. The summed E-state index contributed by atoms with van der Waals surface area (Å²) in [5, 5.41) is 9.18. The third-order valence-corrected chi connectivity index (χ3v) is 8.02. The molecule has 0 bridgehead atoms. The molecule has 1 fully saturated rings. The van der Waals surface area contributed by atoms with Crippen molar-refractivity contribution < 1.29 is 23.9 Å². The molecule has 3 heterocycles. The normalized spacial score (nSPS) is 14.8. The van der Waals surface area contributed by atoms with Gasteiger partial charge in [-0.25, -0.2) is 9.78 Å². The molecule has 4 N–H and O–H groups in total. The van der Waals surface area contributed by atoms with Crippen molar-refractivity contribution in [1.82, 2.24) is 30.1 Å². The lowest BCUT2D eigenvalue weighted by molar-refractivity contribution is -0.132. The van der Waals surface area contributed by atoms with Crippen LogP contribution in [0.4, 0.5) is 10.6 Å². The average Bonchev–Trinajstić information content (AvgIpc) is 3.78. The molecule has 248 valence electrons. The van der Waals surface area contributed by atoms with E-state index in [1.54, 1.807) is 31.5 Å². The van der Waals surface area contributed by atoms with Gasteiger partial charge in [0.1, 0.15) is 23.2 Å². The lowest BCUT2D eigenvalue weighted by Gasteiger charge is -2.29. The summed E-state index contributed by atoms with van der Waals surface area (Å²) in [6, 6.07) is 15.5. The van der Waals surface area contributed by atoms with Gasteiger partial charge in [-0.1, -0.05) is 48.5 Å². The van der Waals surface area contributed by atoms with Crippen LogP contribution in [0.2, 0.25) is 0 Å². The number of aromatic amines is 1. The Morgan fingerprint density at radius 1 is 0.957 bits per heavy atom. The molecule has 1 unspecified atom stereocenters. The van der Waals surface area contributed by atoms with Crippen molar-refractivity contribution in [3.05, 3.63) is 84.4 Å². The van der Waals surface area contributed by atoms with Gasteiger partial charge in [-0.05, 0) is 64.7 Å². The smallest absolute Gasteiger partial charge is 0.408 e. The fourth-order valence-corrected chi connectivity index (χ4v) is 5.63. The molecule has 4 amide bonds. The number of likely N-dealkylation sites (tertiary alicyclic amines) is 1. The molecule has 0 radical (unpaired) electrons. The first-order chi connectivity index (χ1) is 22.3. The molecule has 1 aliphatic rings. The van der Waals surface area contributed by atoms with Gasteiger partial charge in [0.25, 0.3) is 0 Å². The van der Waals surface area contributed by atoms with Gasteiger partial charge in [0.2, 0.25) is 17.7 Å². The molecule has 12 nitrogen and oxygen atoms in total. The standard InChI is InChI=1S/C35H43N7O5/c1-34(2,3)47-33(46)40-35(4,5)32(45)38-27(19-24-20-36-26-16-10-9-15-25(24)26)30(43)39-28-21-42(22-37-28)29(23-13-7-6-8-14-23)31(44)41-17-11-12-18-41/h6-10,13-16,20-22,27,29,36H,11-12,17-19H2,1-5H3,(H,38,45)(H,39,43)(H,40,46)/t27-,29?/m1/s1. The zero-order valence-corrected chi connectivity index (χ0v) is 27.5. The van der Waals surface area contributed by atoms with Gasteiger partial charge in [-0.15, -0.1) is 0 Å². The van der Waals surface area contributed by atoms with E-state index in [-0.39, 0.29) is 18.1 Å². The summed E-state index contributed by atoms with van der Waals surface area (Å²) >= 11 is 0. The number of anilines is 1. The Hall–Kier alpha value is -5.13. The number of benzene rings is 2. The van der Waals surface area contributed by atoms with Crippen LogP contribution < -0.4 is 16.0 Å². The van der Waals surface area contributed by atoms with Gasteiger partial charge in [0, 0.05) is 42.8 Å². The van der Waals surface area contributed by atoms with Crippen molar-refractivity contribution in [1.29, 1.82) is 0 Å². The molecule has 47 heavy (non-hydrogen) atoms. The van der Waals surface area contributed by atoms with Crippen molar-refractivity contribution in [2.24, 2.45) is 0 Å². The minimum absolute atomic E-state index is 0.0341. The highest BCUT2D eigenvalue weighted by Gasteiger charge is 2.35. The number of nitrogens with one attached hydrogen (secondary N) is 4. The Morgan fingerprint density at radius 2 is 1.64 bits per heavy atom. The topological polar surface area (TPSA) is 150 Å². The molecular weight excluding hydrogens is 598 g/mol. The van der Waals surface area contributed by atoms with E-state index >= 15 is 0 Å². The SMILES string of the molecule is CC(C)(C)OC(=O)NC(C)(C)C(=O)N[C@H](Cc1c[nH]c2ccccc12)C(=O)Nc1cn(C(C(=O)N2CCCC2)c2ccccc2)cn1. The zero-order valence-electron chi connectivity index (χ0n) is 27.5. The van der Waals surface area contributed by atoms with Crippen molar-refractivity contribution >= 4 is 40.5 Å². The van der Waals surface area contributed by atoms with Crippen LogP contribution in [0.3, 0.4) is 0 Å². The van der Waals surface area contributed by atoms with Crippen molar-refractivity contribution in [3.8, 4) is 0 Å². The number of nitrogens with zero attached hydrogens (tertiary/aromatic N) is 3. The molecule has 2 atom stereocenters. The average molecular weight is 642 g/mol. The summed E-state index contributed by atoms with van der Waals surface area (Å²) in [7, 11) is 0. The number of fused-ring (bicyclic) bond motifs is 1. The minimum Gasteiger partial charge on any atom is -0.444 e. The number of hydrogen-bond acceptors (Lipinski definition) is 6. The Kier molecular flexibility index (Phi) is 9.69. The van der Waals surface area contributed by atoms with Crippen LogP contribution in [0.15, 0.2) is 73.3 Å². The van der Waals surface area contributed by atoms with Gasteiger partial charge < -0.3 is 35.1 Å². The van der Waals surface area contributed by atoms with Crippen LogP contribution in [0.5, 0.6) is 0 Å². The maximum absolute atomic E-state index is 13.9. The van der Waals surface area contributed by atoms with Crippen LogP contribution >= 0.6 is 0 Å². The van der Waals surface area contributed by atoms with Crippen LogP contribution in [0, 0.1) is 0 Å². The molecule has 2 aromatic carbocycles. The van der Waals surface area contributed by atoms with Gasteiger partial charge in [-0.2, -0.15) is 0 Å². The highest BCUT2D eigenvalue weighted by molar-refractivity contribution is 5.99. The third-order valence-electron chi connectivity index (χ3n) is 8.02. The Bertz CT molecular complexity index is 1730. The van der Waals surface area contributed by atoms with Crippen molar-refractivity contribution in [3.63, 3.8) is 0 Å². The van der Waals surface area contributed by atoms with Gasteiger partial charge >= 0.3 is 6.09 Å².